The Kier molecular flexibility index (Phi) is 4.09. The molecule has 0 bridgehead atoms. The number of fused-ring (bicyclic) bond motifs is 1. The Bertz CT molecular complexity index is 699. The fraction of sp³-hybridized carbons (Fsp3) is 0.278. The first kappa shape index (κ1) is 14.6. The SMILES string of the molecule is Cc1ccc(CNC(=O)N2CCc3ccccc3C2)cc1F. The van der Waals surface area contributed by atoms with Crippen molar-refractivity contribution in [2.24, 2.45) is 0 Å². The number of amides is 2. The summed E-state index contributed by atoms with van der Waals surface area (Å²) in [6, 6.07) is 13.1. The summed E-state index contributed by atoms with van der Waals surface area (Å²) < 4.78 is 13.5. The number of hydrogen-bond donors (Lipinski definition) is 1. The lowest BCUT2D eigenvalue weighted by atomic mass is 10.0. The molecule has 3 rings (SSSR count). The molecule has 0 unspecified atom stereocenters. The largest absolute Gasteiger partial charge is 0.334 e. The summed E-state index contributed by atoms with van der Waals surface area (Å²) in [5.74, 6) is -0.237. The van der Waals surface area contributed by atoms with Crippen molar-refractivity contribution in [3.05, 3.63) is 70.5 Å². The molecular weight excluding hydrogens is 279 g/mol. The summed E-state index contributed by atoms with van der Waals surface area (Å²) in [6.45, 7) is 3.41. The third kappa shape index (κ3) is 3.11. The molecule has 2 amide bonds. The van der Waals surface area contributed by atoms with E-state index in [0.29, 0.717) is 25.2 Å². The van der Waals surface area contributed by atoms with Crippen LogP contribution in [0.25, 0.3) is 0 Å². The quantitative estimate of drug-likeness (QED) is 0.905. The van der Waals surface area contributed by atoms with E-state index in [1.54, 1.807) is 17.9 Å². The van der Waals surface area contributed by atoms with Crippen LogP contribution in [-0.4, -0.2) is 17.5 Å². The highest BCUT2D eigenvalue weighted by molar-refractivity contribution is 5.74. The van der Waals surface area contributed by atoms with Gasteiger partial charge in [0.1, 0.15) is 5.82 Å². The summed E-state index contributed by atoms with van der Waals surface area (Å²) in [5, 5.41) is 2.87. The molecule has 0 aliphatic carbocycles. The summed E-state index contributed by atoms with van der Waals surface area (Å²) in [7, 11) is 0. The highest BCUT2D eigenvalue weighted by atomic mass is 19.1. The molecule has 0 saturated heterocycles. The Morgan fingerprint density at radius 2 is 2.00 bits per heavy atom. The molecule has 0 atom stereocenters. The maximum absolute atomic E-state index is 13.5. The normalized spacial score (nSPS) is 13.6. The van der Waals surface area contributed by atoms with E-state index < -0.39 is 0 Å². The van der Waals surface area contributed by atoms with Gasteiger partial charge in [-0.15, -0.1) is 0 Å². The first-order chi connectivity index (χ1) is 10.6. The summed E-state index contributed by atoms with van der Waals surface area (Å²) in [4.78, 5) is 14.1. The summed E-state index contributed by atoms with van der Waals surface area (Å²) >= 11 is 0. The molecule has 0 spiro atoms. The predicted molar refractivity (Wildman–Crippen MR) is 83.9 cm³/mol. The van der Waals surface area contributed by atoms with Crippen LogP contribution in [0, 0.1) is 12.7 Å². The van der Waals surface area contributed by atoms with Crippen LogP contribution in [0.15, 0.2) is 42.5 Å². The lowest BCUT2D eigenvalue weighted by Crippen LogP contribution is -2.42. The van der Waals surface area contributed by atoms with Gasteiger partial charge in [0.05, 0.1) is 0 Å². The molecule has 0 saturated carbocycles. The van der Waals surface area contributed by atoms with Crippen molar-refractivity contribution in [1.82, 2.24) is 10.2 Å². The number of carbonyl (C=O) groups is 1. The fourth-order valence-electron chi connectivity index (χ4n) is 2.70. The fourth-order valence-corrected chi connectivity index (χ4v) is 2.70. The molecule has 114 valence electrons. The van der Waals surface area contributed by atoms with Gasteiger partial charge in [0.15, 0.2) is 0 Å². The topological polar surface area (TPSA) is 32.3 Å². The minimum atomic E-state index is -0.237. The zero-order valence-electron chi connectivity index (χ0n) is 12.6. The van der Waals surface area contributed by atoms with Gasteiger partial charge >= 0.3 is 6.03 Å². The van der Waals surface area contributed by atoms with Crippen molar-refractivity contribution >= 4 is 6.03 Å². The van der Waals surface area contributed by atoms with Gasteiger partial charge < -0.3 is 10.2 Å². The summed E-state index contributed by atoms with van der Waals surface area (Å²) in [5.41, 5.74) is 3.90. The number of benzene rings is 2. The van der Waals surface area contributed by atoms with Gasteiger partial charge in [0.25, 0.3) is 0 Å². The lowest BCUT2D eigenvalue weighted by Gasteiger charge is -2.29. The monoisotopic (exact) mass is 298 g/mol. The van der Waals surface area contributed by atoms with Gasteiger partial charge in [-0.3, -0.25) is 0 Å². The number of carbonyl (C=O) groups excluding carboxylic acids is 1. The summed E-state index contributed by atoms with van der Waals surface area (Å²) in [6.07, 6.45) is 0.878. The van der Waals surface area contributed by atoms with E-state index in [1.807, 2.05) is 18.2 Å². The van der Waals surface area contributed by atoms with E-state index >= 15 is 0 Å². The number of halogens is 1. The van der Waals surface area contributed by atoms with Crippen LogP contribution in [0.4, 0.5) is 9.18 Å². The molecule has 0 aromatic heterocycles. The van der Waals surface area contributed by atoms with E-state index in [0.717, 1.165) is 12.0 Å². The molecule has 1 heterocycles. The Morgan fingerprint density at radius 3 is 2.77 bits per heavy atom. The Labute approximate surface area is 129 Å². The van der Waals surface area contributed by atoms with Crippen molar-refractivity contribution in [3.8, 4) is 0 Å². The van der Waals surface area contributed by atoms with Crippen LogP contribution >= 0.6 is 0 Å². The number of urea groups is 1. The van der Waals surface area contributed by atoms with Gasteiger partial charge in [0, 0.05) is 19.6 Å². The number of aryl methyl sites for hydroxylation is 1. The molecule has 0 radical (unpaired) electrons. The highest BCUT2D eigenvalue weighted by Crippen LogP contribution is 2.18. The van der Waals surface area contributed by atoms with Gasteiger partial charge in [-0.25, -0.2) is 9.18 Å². The third-order valence-corrected chi connectivity index (χ3v) is 4.10. The Balaban J connectivity index is 1.60. The predicted octanol–water partition coefficient (Wildman–Crippen LogP) is 3.40. The zero-order valence-corrected chi connectivity index (χ0v) is 12.6. The van der Waals surface area contributed by atoms with Crippen molar-refractivity contribution in [2.45, 2.75) is 26.4 Å². The Hall–Kier alpha value is -2.36. The second-order valence-corrected chi connectivity index (χ2v) is 5.68. The van der Waals surface area contributed by atoms with Crippen LogP contribution in [0.2, 0.25) is 0 Å². The molecule has 22 heavy (non-hydrogen) atoms. The maximum atomic E-state index is 13.5. The molecule has 4 heteroatoms. The standard InChI is InChI=1S/C18H19FN2O/c1-13-6-7-14(10-17(13)19)11-20-18(22)21-9-8-15-4-2-3-5-16(15)12-21/h2-7,10H,8-9,11-12H2,1H3,(H,20,22). The van der Waals surface area contributed by atoms with Crippen molar-refractivity contribution in [2.75, 3.05) is 6.54 Å². The van der Waals surface area contributed by atoms with Crippen molar-refractivity contribution < 1.29 is 9.18 Å². The highest BCUT2D eigenvalue weighted by Gasteiger charge is 2.19. The second kappa shape index (κ2) is 6.18. The molecule has 1 aliphatic heterocycles. The number of nitrogens with zero attached hydrogens (tertiary/aromatic N) is 1. The lowest BCUT2D eigenvalue weighted by molar-refractivity contribution is 0.192. The molecule has 2 aromatic rings. The molecule has 1 aliphatic rings. The van der Waals surface area contributed by atoms with E-state index in [1.165, 1.54) is 17.2 Å². The van der Waals surface area contributed by atoms with E-state index in [-0.39, 0.29) is 11.8 Å². The minimum Gasteiger partial charge on any atom is -0.334 e. The van der Waals surface area contributed by atoms with Crippen LogP contribution in [-0.2, 0) is 19.5 Å². The van der Waals surface area contributed by atoms with Crippen LogP contribution in [0.5, 0.6) is 0 Å². The molecular formula is C18H19FN2O. The van der Waals surface area contributed by atoms with Crippen molar-refractivity contribution in [1.29, 1.82) is 0 Å². The molecule has 0 fully saturated rings. The van der Waals surface area contributed by atoms with Gasteiger partial charge in [0.2, 0.25) is 0 Å². The zero-order chi connectivity index (χ0) is 15.5. The molecule has 1 N–H and O–H groups in total. The average molecular weight is 298 g/mol. The number of hydrogen-bond acceptors (Lipinski definition) is 1. The first-order valence-corrected chi connectivity index (χ1v) is 7.48. The van der Waals surface area contributed by atoms with Gasteiger partial charge in [-0.2, -0.15) is 0 Å². The first-order valence-electron chi connectivity index (χ1n) is 7.48. The maximum Gasteiger partial charge on any atom is 0.317 e. The second-order valence-electron chi connectivity index (χ2n) is 5.68. The Morgan fingerprint density at radius 1 is 1.23 bits per heavy atom. The van der Waals surface area contributed by atoms with Crippen LogP contribution < -0.4 is 5.32 Å². The number of nitrogens with one attached hydrogen (secondary N) is 1. The van der Waals surface area contributed by atoms with E-state index in [4.69, 9.17) is 0 Å². The van der Waals surface area contributed by atoms with Gasteiger partial charge in [-0.1, -0.05) is 36.4 Å². The van der Waals surface area contributed by atoms with E-state index in [9.17, 15) is 9.18 Å². The average Bonchev–Trinajstić information content (AvgIpc) is 2.55. The molecule has 2 aromatic carbocycles. The van der Waals surface area contributed by atoms with Crippen LogP contribution in [0.3, 0.4) is 0 Å². The molecule has 3 nitrogen and oxygen atoms in total. The smallest absolute Gasteiger partial charge is 0.317 e. The van der Waals surface area contributed by atoms with E-state index in [2.05, 4.69) is 17.4 Å². The number of rotatable bonds is 2. The van der Waals surface area contributed by atoms with Gasteiger partial charge in [-0.05, 0) is 41.7 Å². The third-order valence-electron chi connectivity index (χ3n) is 4.10. The van der Waals surface area contributed by atoms with Crippen molar-refractivity contribution in [3.63, 3.8) is 0 Å². The van der Waals surface area contributed by atoms with Crippen LogP contribution in [0.1, 0.15) is 22.3 Å². The minimum absolute atomic E-state index is 0.101.